The zero-order valence-corrected chi connectivity index (χ0v) is 11.4. The van der Waals surface area contributed by atoms with Gasteiger partial charge in [0.25, 0.3) is 5.91 Å². The summed E-state index contributed by atoms with van der Waals surface area (Å²) in [5, 5.41) is 13.6. The van der Waals surface area contributed by atoms with Crippen LogP contribution in [-0.4, -0.2) is 17.5 Å². The van der Waals surface area contributed by atoms with Gasteiger partial charge < -0.3 is 10.6 Å². The number of carbonyl (C=O) groups excluding carboxylic acids is 2. The van der Waals surface area contributed by atoms with Gasteiger partial charge >= 0.3 is 0 Å². The maximum Gasteiger partial charge on any atom is 0.261 e. The van der Waals surface area contributed by atoms with Crippen molar-refractivity contribution in [1.82, 2.24) is 5.32 Å². The third kappa shape index (κ3) is 1.62. The lowest BCUT2D eigenvalue weighted by Crippen LogP contribution is -2.30. The minimum Gasteiger partial charge on any atom is -0.339 e. The number of para-hydroxylation sites is 1. The Balaban J connectivity index is 1.96. The summed E-state index contributed by atoms with van der Waals surface area (Å²) in [6.07, 6.45) is 0. The molecule has 2 aromatic carbocycles. The summed E-state index contributed by atoms with van der Waals surface area (Å²) in [6.45, 7) is 0. The van der Waals surface area contributed by atoms with E-state index in [1.54, 1.807) is 36.4 Å². The van der Waals surface area contributed by atoms with Crippen molar-refractivity contribution in [2.45, 2.75) is 0 Å². The smallest absolute Gasteiger partial charge is 0.261 e. The number of carbonyl (C=O) groups is 2. The minimum atomic E-state index is -0.448. The Morgan fingerprint density at radius 3 is 2.18 bits per heavy atom. The van der Waals surface area contributed by atoms with Crippen molar-refractivity contribution >= 4 is 28.9 Å². The average molecular weight is 289 g/mol. The Morgan fingerprint density at radius 2 is 1.41 bits per heavy atom. The van der Waals surface area contributed by atoms with Crippen LogP contribution in [0.2, 0.25) is 0 Å². The fourth-order valence-electron chi connectivity index (χ4n) is 2.82. The second-order valence-corrected chi connectivity index (χ2v) is 5.12. The van der Waals surface area contributed by atoms with Crippen molar-refractivity contribution in [3.05, 3.63) is 70.8 Å². The molecule has 2 aliphatic rings. The van der Waals surface area contributed by atoms with Crippen molar-refractivity contribution in [3.63, 3.8) is 0 Å². The molecular formula is C17H11N3O2. The second-order valence-electron chi connectivity index (χ2n) is 5.12. The number of hydrogen-bond acceptors (Lipinski definition) is 3. The molecule has 0 saturated carbocycles. The van der Waals surface area contributed by atoms with E-state index in [1.165, 1.54) is 0 Å². The van der Waals surface area contributed by atoms with Gasteiger partial charge in [0, 0.05) is 16.7 Å². The molecule has 0 aromatic heterocycles. The van der Waals surface area contributed by atoms with Crippen LogP contribution in [0.4, 0.5) is 5.69 Å². The number of anilines is 1. The molecule has 106 valence electrons. The Morgan fingerprint density at radius 1 is 0.773 bits per heavy atom. The number of amides is 1. The zero-order valence-electron chi connectivity index (χ0n) is 11.4. The molecule has 0 unspecified atom stereocenters. The van der Waals surface area contributed by atoms with Crippen molar-refractivity contribution < 1.29 is 9.59 Å². The van der Waals surface area contributed by atoms with E-state index in [-0.39, 0.29) is 17.2 Å². The molecular weight excluding hydrogens is 278 g/mol. The molecule has 4 rings (SSSR count). The number of amidine groups is 1. The third-order valence-corrected chi connectivity index (χ3v) is 3.84. The minimum absolute atomic E-state index is 0.0494. The first-order valence-corrected chi connectivity index (χ1v) is 6.81. The molecule has 0 fully saturated rings. The van der Waals surface area contributed by atoms with Crippen LogP contribution >= 0.6 is 0 Å². The SMILES string of the molecule is N=C1N/C(=C2/C(=O)Nc3ccccc3C2=O)c2ccccc21. The van der Waals surface area contributed by atoms with Gasteiger partial charge in [-0.15, -0.1) is 0 Å². The molecule has 0 aliphatic carbocycles. The van der Waals surface area contributed by atoms with E-state index in [2.05, 4.69) is 10.6 Å². The van der Waals surface area contributed by atoms with Gasteiger partial charge in [0.15, 0.2) is 0 Å². The first-order chi connectivity index (χ1) is 10.7. The molecule has 0 saturated heterocycles. The molecule has 0 radical (unpaired) electrons. The summed E-state index contributed by atoms with van der Waals surface area (Å²) in [4.78, 5) is 25.1. The van der Waals surface area contributed by atoms with E-state index in [4.69, 9.17) is 5.41 Å². The molecule has 3 N–H and O–H groups in total. The highest BCUT2D eigenvalue weighted by atomic mass is 16.2. The van der Waals surface area contributed by atoms with Crippen LogP contribution in [0, 0.1) is 5.41 Å². The number of nitrogens with one attached hydrogen (secondary N) is 3. The van der Waals surface area contributed by atoms with Gasteiger partial charge in [0.1, 0.15) is 11.4 Å². The highest BCUT2D eigenvalue weighted by molar-refractivity contribution is 6.38. The fraction of sp³-hybridized carbons (Fsp3) is 0. The van der Waals surface area contributed by atoms with Crippen molar-refractivity contribution in [2.75, 3.05) is 5.32 Å². The number of rotatable bonds is 0. The number of fused-ring (bicyclic) bond motifs is 2. The third-order valence-electron chi connectivity index (χ3n) is 3.84. The summed E-state index contributed by atoms with van der Waals surface area (Å²) in [5.41, 5.74) is 2.81. The van der Waals surface area contributed by atoms with Crippen LogP contribution in [0.1, 0.15) is 21.5 Å². The predicted octanol–water partition coefficient (Wildman–Crippen LogP) is 2.16. The molecule has 2 aliphatic heterocycles. The van der Waals surface area contributed by atoms with E-state index < -0.39 is 5.91 Å². The van der Waals surface area contributed by atoms with Gasteiger partial charge in [-0.3, -0.25) is 15.0 Å². The van der Waals surface area contributed by atoms with Gasteiger partial charge in [-0.2, -0.15) is 0 Å². The first-order valence-electron chi connectivity index (χ1n) is 6.81. The van der Waals surface area contributed by atoms with E-state index in [0.29, 0.717) is 28.1 Å². The van der Waals surface area contributed by atoms with Crippen LogP contribution in [0.3, 0.4) is 0 Å². The Hall–Kier alpha value is -3.21. The number of ketones is 1. The second kappa shape index (κ2) is 4.39. The Labute approximate surface area is 126 Å². The lowest BCUT2D eigenvalue weighted by Gasteiger charge is -2.19. The lowest BCUT2D eigenvalue weighted by atomic mass is 9.93. The molecule has 2 aromatic rings. The first kappa shape index (κ1) is 12.5. The molecule has 0 atom stereocenters. The topological polar surface area (TPSA) is 82.1 Å². The lowest BCUT2D eigenvalue weighted by molar-refractivity contribution is -0.112. The monoisotopic (exact) mass is 289 g/mol. The summed E-state index contributed by atoms with van der Waals surface area (Å²) in [7, 11) is 0. The molecule has 1 amide bonds. The van der Waals surface area contributed by atoms with Gasteiger partial charge in [-0.25, -0.2) is 0 Å². The van der Waals surface area contributed by atoms with Crippen LogP contribution in [0.25, 0.3) is 5.70 Å². The molecule has 0 spiro atoms. The Bertz CT molecular complexity index is 896. The predicted molar refractivity (Wildman–Crippen MR) is 82.7 cm³/mol. The molecule has 0 bridgehead atoms. The van der Waals surface area contributed by atoms with E-state index in [1.807, 2.05) is 12.1 Å². The van der Waals surface area contributed by atoms with Gasteiger partial charge in [-0.05, 0) is 12.1 Å². The summed E-state index contributed by atoms with van der Waals surface area (Å²) in [5.74, 6) is -0.584. The average Bonchev–Trinajstić information content (AvgIpc) is 2.85. The van der Waals surface area contributed by atoms with E-state index >= 15 is 0 Å². The van der Waals surface area contributed by atoms with E-state index in [9.17, 15) is 9.59 Å². The number of Topliss-reactive ketones (excluding diaryl/α,β-unsaturated/α-hetero) is 1. The van der Waals surface area contributed by atoms with Gasteiger partial charge in [0.2, 0.25) is 5.78 Å². The molecule has 2 heterocycles. The van der Waals surface area contributed by atoms with Crippen LogP contribution in [0.15, 0.2) is 54.1 Å². The van der Waals surface area contributed by atoms with Crippen LogP contribution in [-0.2, 0) is 4.79 Å². The van der Waals surface area contributed by atoms with Gasteiger partial charge in [-0.1, -0.05) is 36.4 Å². The zero-order chi connectivity index (χ0) is 15.3. The Kier molecular flexibility index (Phi) is 2.50. The largest absolute Gasteiger partial charge is 0.339 e. The standard InChI is InChI=1S/C17H11N3O2/c18-16-10-6-2-1-5-9(10)14(20-16)13-15(21)11-7-3-4-8-12(11)19-17(13)22/h1-8H,(H2,18,20)(H,19,22)/b14-13+. The van der Waals surface area contributed by atoms with Crippen molar-refractivity contribution in [2.24, 2.45) is 0 Å². The van der Waals surface area contributed by atoms with E-state index in [0.717, 1.165) is 0 Å². The quantitative estimate of drug-likeness (QED) is 0.513. The van der Waals surface area contributed by atoms with Crippen molar-refractivity contribution in [3.8, 4) is 0 Å². The van der Waals surface area contributed by atoms with Crippen molar-refractivity contribution in [1.29, 1.82) is 5.41 Å². The van der Waals surface area contributed by atoms with Crippen LogP contribution in [0.5, 0.6) is 0 Å². The molecule has 22 heavy (non-hydrogen) atoms. The molecule has 5 heteroatoms. The molecule has 5 nitrogen and oxygen atoms in total. The number of benzene rings is 2. The number of hydrogen-bond donors (Lipinski definition) is 3. The van der Waals surface area contributed by atoms with Crippen LogP contribution < -0.4 is 10.6 Å². The normalized spacial score (nSPS) is 19.4. The maximum absolute atomic E-state index is 12.7. The summed E-state index contributed by atoms with van der Waals surface area (Å²) < 4.78 is 0. The van der Waals surface area contributed by atoms with Gasteiger partial charge in [0.05, 0.1) is 11.4 Å². The summed E-state index contributed by atoms with van der Waals surface area (Å²) >= 11 is 0. The fourth-order valence-corrected chi connectivity index (χ4v) is 2.82. The highest BCUT2D eigenvalue weighted by Crippen LogP contribution is 2.32. The highest BCUT2D eigenvalue weighted by Gasteiger charge is 2.34. The maximum atomic E-state index is 12.7. The summed E-state index contributed by atoms with van der Waals surface area (Å²) in [6, 6.07) is 14.1.